The van der Waals surface area contributed by atoms with E-state index in [4.69, 9.17) is 9.47 Å². The number of hydrogen-bond donors (Lipinski definition) is 1. The zero-order valence-electron chi connectivity index (χ0n) is 15.5. The zero-order chi connectivity index (χ0) is 19.6. The van der Waals surface area contributed by atoms with Crippen LogP contribution in [0.5, 0.6) is 11.5 Å². The Hall–Kier alpha value is -3.93. The maximum atomic E-state index is 12.9. The smallest absolute Gasteiger partial charge is 0.252 e. The van der Waals surface area contributed by atoms with E-state index in [1.807, 2.05) is 60.7 Å². The lowest BCUT2D eigenvalue weighted by atomic mass is 9.95. The van der Waals surface area contributed by atoms with Crippen LogP contribution in [0, 0.1) is 0 Å². The molecule has 3 aromatic carbocycles. The van der Waals surface area contributed by atoms with Crippen molar-refractivity contribution in [3.05, 3.63) is 84.2 Å². The molecule has 0 spiro atoms. The van der Waals surface area contributed by atoms with Crippen LogP contribution >= 0.6 is 0 Å². The number of ether oxygens (including phenoxy) is 2. The number of nitrogens with one attached hydrogen (secondary N) is 1. The number of hydrogen-bond acceptors (Lipinski definition) is 5. The molecule has 1 aliphatic heterocycles. The minimum atomic E-state index is -0.127. The van der Waals surface area contributed by atoms with Crippen LogP contribution in [0.3, 0.4) is 0 Å². The monoisotopic (exact) mass is 383 g/mol. The predicted octanol–water partition coefficient (Wildman–Crippen LogP) is 3.96. The van der Waals surface area contributed by atoms with Crippen LogP contribution in [-0.2, 0) is 6.54 Å². The SMILES string of the molecule is O=C(NCc1ccc2c(c1)OCO2)c1ccc(-c2ccnnc2)c2ccccc12. The molecule has 0 radical (unpaired) electrons. The number of fused-ring (bicyclic) bond motifs is 2. The van der Waals surface area contributed by atoms with Gasteiger partial charge in [-0.2, -0.15) is 10.2 Å². The summed E-state index contributed by atoms with van der Waals surface area (Å²) in [5.74, 6) is 1.31. The van der Waals surface area contributed by atoms with E-state index in [-0.39, 0.29) is 12.7 Å². The summed E-state index contributed by atoms with van der Waals surface area (Å²) < 4.78 is 10.7. The van der Waals surface area contributed by atoms with Crippen molar-refractivity contribution in [2.45, 2.75) is 6.54 Å². The van der Waals surface area contributed by atoms with Gasteiger partial charge in [-0.05, 0) is 46.2 Å². The van der Waals surface area contributed by atoms with Crippen molar-refractivity contribution in [3.8, 4) is 22.6 Å². The lowest BCUT2D eigenvalue weighted by Crippen LogP contribution is -2.23. The Kier molecular flexibility index (Phi) is 4.29. The minimum absolute atomic E-state index is 0.127. The molecule has 1 aliphatic rings. The summed E-state index contributed by atoms with van der Waals surface area (Å²) in [6.45, 7) is 0.635. The number of aromatic nitrogens is 2. The fourth-order valence-electron chi connectivity index (χ4n) is 3.53. The van der Waals surface area contributed by atoms with Gasteiger partial charge in [0.15, 0.2) is 11.5 Å². The van der Waals surface area contributed by atoms with Crippen LogP contribution < -0.4 is 14.8 Å². The second kappa shape index (κ2) is 7.24. The fourth-order valence-corrected chi connectivity index (χ4v) is 3.53. The summed E-state index contributed by atoms with van der Waals surface area (Å²) in [5, 5.41) is 12.7. The quantitative estimate of drug-likeness (QED) is 0.578. The van der Waals surface area contributed by atoms with Crippen molar-refractivity contribution in [1.82, 2.24) is 15.5 Å². The van der Waals surface area contributed by atoms with Crippen molar-refractivity contribution in [2.24, 2.45) is 0 Å². The van der Waals surface area contributed by atoms with E-state index in [0.717, 1.165) is 33.2 Å². The summed E-state index contributed by atoms with van der Waals surface area (Å²) in [6.07, 6.45) is 3.39. The van der Waals surface area contributed by atoms with Gasteiger partial charge in [0.05, 0.1) is 12.4 Å². The van der Waals surface area contributed by atoms with Gasteiger partial charge in [-0.1, -0.05) is 36.4 Å². The molecule has 142 valence electrons. The van der Waals surface area contributed by atoms with Gasteiger partial charge in [-0.3, -0.25) is 4.79 Å². The van der Waals surface area contributed by atoms with E-state index < -0.39 is 0 Å². The summed E-state index contributed by atoms with van der Waals surface area (Å²) in [7, 11) is 0. The second-order valence-electron chi connectivity index (χ2n) is 6.71. The van der Waals surface area contributed by atoms with Crippen molar-refractivity contribution in [1.29, 1.82) is 0 Å². The highest BCUT2D eigenvalue weighted by atomic mass is 16.7. The normalized spacial score (nSPS) is 12.1. The van der Waals surface area contributed by atoms with Crippen molar-refractivity contribution in [2.75, 3.05) is 6.79 Å². The molecule has 29 heavy (non-hydrogen) atoms. The largest absolute Gasteiger partial charge is 0.454 e. The number of rotatable bonds is 4. The highest BCUT2D eigenvalue weighted by Crippen LogP contribution is 2.33. The average Bonchev–Trinajstić information content (AvgIpc) is 3.25. The van der Waals surface area contributed by atoms with Gasteiger partial charge in [0.25, 0.3) is 5.91 Å². The molecule has 0 fully saturated rings. The Morgan fingerprint density at radius 3 is 2.66 bits per heavy atom. The molecule has 1 amide bonds. The highest BCUT2D eigenvalue weighted by Gasteiger charge is 2.15. The van der Waals surface area contributed by atoms with Crippen LogP contribution in [0.2, 0.25) is 0 Å². The van der Waals surface area contributed by atoms with Gasteiger partial charge in [-0.25, -0.2) is 0 Å². The van der Waals surface area contributed by atoms with E-state index in [1.54, 1.807) is 12.4 Å². The first-order valence-corrected chi connectivity index (χ1v) is 9.25. The third kappa shape index (κ3) is 3.25. The zero-order valence-corrected chi connectivity index (χ0v) is 15.5. The summed E-state index contributed by atoms with van der Waals surface area (Å²) >= 11 is 0. The van der Waals surface area contributed by atoms with E-state index in [1.165, 1.54) is 0 Å². The average molecular weight is 383 g/mol. The molecule has 0 aliphatic carbocycles. The number of nitrogens with zero attached hydrogens (tertiary/aromatic N) is 2. The first-order valence-electron chi connectivity index (χ1n) is 9.25. The highest BCUT2D eigenvalue weighted by molar-refractivity contribution is 6.10. The van der Waals surface area contributed by atoms with Gasteiger partial charge >= 0.3 is 0 Å². The number of carbonyl (C=O) groups is 1. The molecule has 0 atom stereocenters. The molecule has 6 heteroatoms. The molecular formula is C23H17N3O3. The Morgan fingerprint density at radius 2 is 1.79 bits per heavy atom. The van der Waals surface area contributed by atoms with Crippen molar-refractivity contribution >= 4 is 16.7 Å². The van der Waals surface area contributed by atoms with Gasteiger partial charge < -0.3 is 14.8 Å². The topological polar surface area (TPSA) is 73.3 Å². The first kappa shape index (κ1) is 17.2. The number of carbonyl (C=O) groups excluding carboxylic acids is 1. The maximum absolute atomic E-state index is 12.9. The molecule has 0 saturated heterocycles. The molecule has 1 aromatic heterocycles. The molecule has 6 nitrogen and oxygen atoms in total. The van der Waals surface area contributed by atoms with Crippen LogP contribution in [0.15, 0.2) is 73.1 Å². The van der Waals surface area contributed by atoms with Crippen LogP contribution in [0.1, 0.15) is 15.9 Å². The molecular weight excluding hydrogens is 366 g/mol. The first-order chi connectivity index (χ1) is 14.3. The lowest BCUT2D eigenvalue weighted by molar-refractivity contribution is 0.0952. The lowest BCUT2D eigenvalue weighted by Gasteiger charge is -2.12. The van der Waals surface area contributed by atoms with E-state index in [2.05, 4.69) is 15.5 Å². The summed E-state index contributed by atoms with van der Waals surface area (Å²) in [4.78, 5) is 12.9. The third-order valence-electron chi connectivity index (χ3n) is 4.95. The Morgan fingerprint density at radius 1 is 0.931 bits per heavy atom. The van der Waals surface area contributed by atoms with Crippen molar-refractivity contribution in [3.63, 3.8) is 0 Å². The Bertz CT molecular complexity index is 1210. The van der Waals surface area contributed by atoms with Crippen LogP contribution in [-0.4, -0.2) is 22.9 Å². The fraction of sp³-hybridized carbons (Fsp3) is 0.0870. The van der Waals surface area contributed by atoms with E-state index in [9.17, 15) is 4.79 Å². The minimum Gasteiger partial charge on any atom is -0.454 e. The molecule has 0 unspecified atom stereocenters. The second-order valence-corrected chi connectivity index (χ2v) is 6.71. The molecule has 5 rings (SSSR count). The van der Waals surface area contributed by atoms with Crippen LogP contribution in [0.25, 0.3) is 21.9 Å². The van der Waals surface area contributed by atoms with Gasteiger partial charge in [0, 0.05) is 17.7 Å². The third-order valence-corrected chi connectivity index (χ3v) is 4.95. The Labute approximate surface area is 167 Å². The molecule has 2 heterocycles. The number of benzene rings is 3. The number of amides is 1. The van der Waals surface area contributed by atoms with Crippen molar-refractivity contribution < 1.29 is 14.3 Å². The van der Waals surface area contributed by atoms with Crippen LogP contribution in [0.4, 0.5) is 0 Å². The molecule has 4 aromatic rings. The van der Waals surface area contributed by atoms with Gasteiger partial charge in [0.2, 0.25) is 6.79 Å². The van der Waals surface area contributed by atoms with Gasteiger partial charge in [-0.15, -0.1) is 0 Å². The van der Waals surface area contributed by atoms with E-state index in [0.29, 0.717) is 17.9 Å². The Balaban J connectivity index is 1.43. The maximum Gasteiger partial charge on any atom is 0.252 e. The standard InChI is InChI=1S/C23H17N3O3/c27-23(24-12-15-5-8-21-22(11-15)29-14-28-21)20-7-6-17(16-9-10-25-26-13-16)18-3-1-2-4-19(18)20/h1-11,13H,12,14H2,(H,24,27). The molecule has 0 saturated carbocycles. The molecule has 1 N–H and O–H groups in total. The summed E-state index contributed by atoms with van der Waals surface area (Å²) in [6, 6.07) is 19.3. The van der Waals surface area contributed by atoms with E-state index >= 15 is 0 Å². The summed E-state index contributed by atoms with van der Waals surface area (Å²) in [5.41, 5.74) is 3.56. The predicted molar refractivity (Wildman–Crippen MR) is 109 cm³/mol. The van der Waals surface area contributed by atoms with Gasteiger partial charge in [0.1, 0.15) is 0 Å². The molecule has 0 bridgehead atoms.